The summed E-state index contributed by atoms with van der Waals surface area (Å²) >= 11 is 0. The Bertz CT molecular complexity index is 734. The van der Waals surface area contributed by atoms with Gasteiger partial charge < -0.3 is 0 Å². The zero-order valence-electron chi connectivity index (χ0n) is 10.0. The molecule has 0 bridgehead atoms. The first-order chi connectivity index (χ1) is 9.40. The molecule has 2 rings (SSSR count). The van der Waals surface area contributed by atoms with Gasteiger partial charge in [0.2, 0.25) is 0 Å². The summed E-state index contributed by atoms with van der Waals surface area (Å²) < 4.78 is 0. The lowest BCUT2D eigenvalue weighted by Crippen LogP contribution is -1.74. The minimum Gasteiger partial charge on any atom is -0.0622 e. The fourth-order valence-electron chi connectivity index (χ4n) is 1.44. The predicted octanol–water partition coefficient (Wildman–Crippen LogP) is 4.03. The van der Waals surface area contributed by atoms with Gasteiger partial charge in [0.25, 0.3) is 0 Å². The van der Waals surface area contributed by atoms with E-state index < -0.39 is 0 Å². The summed E-state index contributed by atoms with van der Waals surface area (Å²) in [5, 5.41) is 3.57. The summed E-state index contributed by atoms with van der Waals surface area (Å²) in [7, 11) is 0. The van der Waals surface area contributed by atoms with Crippen molar-refractivity contribution in [3.63, 3.8) is 0 Å². The third kappa shape index (κ3) is 3.68. The van der Waals surface area contributed by atoms with E-state index in [0.717, 1.165) is 5.56 Å². The molecule has 0 atom stereocenters. The number of benzene rings is 2. The first-order valence-electron chi connectivity index (χ1n) is 5.61. The maximum absolute atomic E-state index is 8.45. The molecule has 0 aliphatic heterocycles. The molecule has 0 aliphatic carbocycles. The monoisotopic (exact) mass is 243 g/mol. The van der Waals surface area contributed by atoms with Crippen LogP contribution in [0, 0.1) is 23.7 Å². The lowest BCUT2D eigenvalue weighted by Gasteiger charge is -1.93. The smallest absolute Gasteiger partial charge is 0.0532 e. The van der Waals surface area contributed by atoms with Crippen molar-refractivity contribution in [2.75, 3.05) is 0 Å². The van der Waals surface area contributed by atoms with Crippen LogP contribution in [-0.4, -0.2) is 0 Å². The Hall–Kier alpha value is -3.13. The van der Waals surface area contributed by atoms with Crippen LogP contribution in [0.15, 0.2) is 59.7 Å². The van der Waals surface area contributed by atoms with E-state index in [-0.39, 0.29) is 0 Å². The minimum absolute atomic E-state index is 0.513. The van der Waals surface area contributed by atoms with Gasteiger partial charge in [0.05, 0.1) is 5.69 Å². The Labute approximate surface area is 111 Å². The number of hydrogen-bond acceptors (Lipinski definition) is 1. The predicted molar refractivity (Wildman–Crippen MR) is 75.4 cm³/mol. The molecule has 19 heavy (non-hydrogen) atoms. The number of azide groups is 1. The highest BCUT2D eigenvalue weighted by Gasteiger charge is 1.93. The molecule has 0 unspecified atom stereocenters. The average molecular weight is 243 g/mol. The van der Waals surface area contributed by atoms with Crippen LogP contribution < -0.4 is 0 Å². The molecular weight excluding hydrogens is 234 g/mol. The van der Waals surface area contributed by atoms with Crippen molar-refractivity contribution in [2.45, 2.75) is 0 Å². The van der Waals surface area contributed by atoms with Gasteiger partial charge >= 0.3 is 0 Å². The largest absolute Gasteiger partial charge is 0.0622 e. The lowest BCUT2D eigenvalue weighted by atomic mass is 10.2. The zero-order chi connectivity index (χ0) is 13.3. The molecule has 0 radical (unpaired) electrons. The van der Waals surface area contributed by atoms with E-state index in [1.54, 1.807) is 18.2 Å². The molecule has 0 fully saturated rings. The second-order valence-corrected chi connectivity index (χ2v) is 3.57. The lowest BCUT2D eigenvalue weighted by molar-refractivity contribution is 1.45. The number of nitrogens with zero attached hydrogens (tertiary/aromatic N) is 3. The van der Waals surface area contributed by atoms with E-state index >= 15 is 0 Å². The van der Waals surface area contributed by atoms with Crippen LogP contribution in [0.4, 0.5) is 5.69 Å². The molecule has 0 amide bonds. The van der Waals surface area contributed by atoms with Gasteiger partial charge in [-0.25, -0.2) is 0 Å². The first-order valence-corrected chi connectivity index (χ1v) is 5.61. The van der Waals surface area contributed by atoms with Crippen molar-refractivity contribution in [1.29, 1.82) is 0 Å². The molecule has 0 heterocycles. The molecule has 0 N–H and O–H groups in total. The fourth-order valence-corrected chi connectivity index (χ4v) is 1.44. The van der Waals surface area contributed by atoms with Crippen molar-refractivity contribution >= 4 is 5.69 Å². The van der Waals surface area contributed by atoms with Crippen molar-refractivity contribution < 1.29 is 0 Å². The Morgan fingerprint density at radius 3 is 2.32 bits per heavy atom. The van der Waals surface area contributed by atoms with Gasteiger partial charge in [-0.1, -0.05) is 53.4 Å². The summed E-state index contributed by atoms with van der Waals surface area (Å²) in [5.74, 6) is 11.3. The second kappa shape index (κ2) is 6.57. The highest BCUT2D eigenvalue weighted by molar-refractivity contribution is 5.56. The summed E-state index contributed by atoms with van der Waals surface area (Å²) in [6.07, 6.45) is 0. The van der Waals surface area contributed by atoms with Crippen molar-refractivity contribution in [1.82, 2.24) is 0 Å². The molecule has 0 saturated carbocycles. The van der Waals surface area contributed by atoms with Crippen molar-refractivity contribution in [3.8, 4) is 23.7 Å². The molecule has 88 valence electrons. The summed E-state index contributed by atoms with van der Waals surface area (Å²) in [6.45, 7) is 0. The standard InChI is InChI=1S/C16H9N3/c17-19-18-16-13-7-6-12-15(16)11-5-4-10-14-8-2-1-3-9-14/h1-3,6-9,12-13H. The van der Waals surface area contributed by atoms with Crippen molar-refractivity contribution in [3.05, 3.63) is 76.2 Å². The topological polar surface area (TPSA) is 48.8 Å². The molecule has 0 saturated heterocycles. The SMILES string of the molecule is [N-]=[N+]=Nc1ccccc1C#CC#Cc1ccccc1. The summed E-state index contributed by atoms with van der Waals surface area (Å²) in [4.78, 5) is 2.76. The highest BCUT2D eigenvalue weighted by Crippen LogP contribution is 2.17. The molecule has 0 aliphatic rings. The van der Waals surface area contributed by atoms with E-state index in [4.69, 9.17) is 5.53 Å². The quantitative estimate of drug-likeness (QED) is 0.314. The minimum atomic E-state index is 0.513. The van der Waals surface area contributed by atoms with E-state index in [1.807, 2.05) is 36.4 Å². The summed E-state index contributed by atoms with van der Waals surface area (Å²) in [5.41, 5.74) is 10.5. The number of hydrogen-bond donors (Lipinski definition) is 0. The number of rotatable bonds is 1. The van der Waals surface area contributed by atoms with Gasteiger partial charge in [-0.15, -0.1) is 0 Å². The van der Waals surface area contributed by atoms with Crippen LogP contribution in [-0.2, 0) is 0 Å². The molecule has 2 aromatic carbocycles. The van der Waals surface area contributed by atoms with Crippen LogP contribution in [0.1, 0.15) is 11.1 Å². The van der Waals surface area contributed by atoms with Gasteiger partial charge in [-0.3, -0.25) is 0 Å². The maximum Gasteiger partial charge on any atom is 0.0532 e. The van der Waals surface area contributed by atoms with E-state index in [9.17, 15) is 0 Å². The van der Waals surface area contributed by atoms with E-state index in [0.29, 0.717) is 11.3 Å². The molecule has 3 heteroatoms. The molecule has 3 nitrogen and oxygen atoms in total. The van der Waals surface area contributed by atoms with Crippen LogP contribution in [0.25, 0.3) is 10.4 Å². The normalized spacial score (nSPS) is 8.21. The Morgan fingerprint density at radius 2 is 1.53 bits per heavy atom. The third-order valence-corrected chi connectivity index (χ3v) is 2.30. The van der Waals surface area contributed by atoms with E-state index in [1.165, 1.54) is 0 Å². The van der Waals surface area contributed by atoms with Gasteiger partial charge in [0.1, 0.15) is 0 Å². The zero-order valence-corrected chi connectivity index (χ0v) is 10.0. The summed E-state index contributed by atoms with van der Waals surface area (Å²) in [6, 6.07) is 16.8. The molecule has 0 spiro atoms. The van der Waals surface area contributed by atoms with Crippen LogP contribution >= 0.6 is 0 Å². The van der Waals surface area contributed by atoms with E-state index in [2.05, 4.69) is 33.7 Å². The molecular formula is C16H9N3. The fraction of sp³-hybridized carbons (Fsp3) is 0. The Morgan fingerprint density at radius 1 is 0.842 bits per heavy atom. The van der Waals surface area contributed by atoms with Gasteiger partial charge in [-0.2, -0.15) is 0 Å². The van der Waals surface area contributed by atoms with Gasteiger partial charge in [0.15, 0.2) is 0 Å². The van der Waals surface area contributed by atoms with Crippen LogP contribution in [0.3, 0.4) is 0 Å². The van der Waals surface area contributed by atoms with Crippen LogP contribution in [0.2, 0.25) is 0 Å². The third-order valence-electron chi connectivity index (χ3n) is 2.30. The Balaban J connectivity index is 2.22. The average Bonchev–Trinajstić information content (AvgIpc) is 2.47. The highest BCUT2D eigenvalue weighted by atomic mass is 15.1. The first kappa shape index (κ1) is 12.3. The van der Waals surface area contributed by atoms with Gasteiger partial charge in [-0.05, 0) is 35.6 Å². The molecule has 0 aromatic heterocycles. The Kier molecular flexibility index (Phi) is 4.26. The van der Waals surface area contributed by atoms with Crippen LogP contribution in [0.5, 0.6) is 0 Å². The van der Waals surface area contributed by atoms with Gasteiger partial charge in [0, 0.05) is 16.0 Å². The second-order valence-electron chi connectivity index (χ2n) is 3.57. The maximum atomic E-state index is 8.45. The van der Waals surface area contributed by atoms with Crippen molar-refractivity contribution in [2.24, 2.45) is 5.11 Å². The molecule has 2 aromatic rings.